The summed E-state index contributed by atoms with van der Waals surface area (Å²) >= 11 is 0. The van der Waals surface area contributed by atoms with Crippen LogP contribution < -0.4 is 15.4 Å². The normalized spacial score (nSPS) is 11.7. The Morgan fingerprint density at radius 3 is 2.34 bits per heavy atom. The Kier molecular flexibility index (Phi) is 6.50. The molecule has 3 aromatic carbocycles. The first-order valence-electron chi connectivity index (χ1n) is 9.78. The summed E-state index contributed by atoms with van der Waals surface area (Å²) in [5.74, 6) is 0.355. The third-order valence-electron chi connectivity index (χ3n) is 4.86. The fraction of sp³-hybridized carbons (Fsp3) is 0.250. The van der Waals surface area contributed by atoms with E-state index in [4.69, 9.17) is 4.74 Å². The molecule has 0 aliphatic rings. The first-order valence-corrected chi connectivity index (χ1v) is 9.78. The topological polar surface area (TPSA) is 67.4 Å². The van der Waals surface area contributed by atoms with Crippen molar-refractivity contribution >= 4 is 34.0 Å². The van der Waals surface area contributed by atoms with Crippen molar-refractivity contribution in [3.63, 3.8) is 0 Å². The number of hydrogen-bond donors (Lipinski definition) is 2. The second-order valence-electron chi connectivity index (χ2n) is 7.06. The Labute approximate surface area is 171 Å². The van der Waals surface area contributed by atoms with Gasteiger partial charge in [0.05, 0.1) is 13.0 Å². The molecule has 5 heteroatoms. The summed E-state index contributed by atoms with van der Waals surface area (Å²) in [6, 6.07) is 19.1. The molecule has 3 rings (SSSR count). The molecular weight excluding hydrogens is 364 g/mol. The molecule has 0 aliphatic carbocycles. The van der Waals surface area contributed by atoms with Crippen LogP contribution in [0.2, 0.25) is 0 Å². The van der Waals surface area contributed by atoms with Crippen molar-refractivity contribution in [2.24, 2.45) is 0 Å². The van der Waals surface area contributed by atoms with Crippen molar-refractivity contribution in [3.05, 3.63) is 66.2 Å². The minimum Gasteiger partial charge on any atom is -0.497 e. The molecule has 0 aromatic heterocycles. The number of nitrogens with one attached hydrogen (secondary N) is 2. The van der Waals surface area contributed by atoms with Crippen molar-refractivity contribution in [1.29, 1.82) is 0 Å². The quantitative estimate of drug-likeness (QED) is 0.573. The zero-order valence-electron chi connectivity index (χ0n) is 17.0. The van der Waals surface area contributed by atoms with E-state index in [1.54, 1.807) is 13.2 Å². The second kappa shape index (κ2) is 9.24. The number of rotatable bonds is 7. The zero-order chi connectivity index (χ0) is 20.8. The zero-order valence-corrected chi connectivity index (χ0v) is 17.0. The molecule has 2 amide bonds. The standard InChI is InChI=1S/C24H26N2O3/c1-4-6-23(27)25-20-7-5-8-21(15-20)26-24(28)16(2)17-9-10-19-14-22(29-3)12-11-18(19)13-17/h5,7-16H,4,6H2,1-3H3,(H,25,27)(H,26,28)/t16-/m0/s1. The van der Waals surface area contributed by atoms with Crippen LogP contribution in [0.3, 0.4) is 0 Å². The van der Waals surface area contributed by atoms with Crippen molar-refractivity contribution in [2.75, 3.05) is 17.7 Å². The number of carbonyl (C=O) groups is 2. The number of anilines is 2. The van der Waals surface area contributed by atoms with Crippen molar-refractivity contribution in [2.45, 2.75) is 32.6 Å². The highest BCUT2D eigenvalue weighted by Gasteiger charge is 2.16. The van der Waals surface area contributed by atoms with Crippen LogP contribution in [0.15, 0.2) is 60.7 Å². The van der Waals surface area contributed by atoms with Crippen LogP contribution in [0, 0.1) is 0 Å². The van der Waals surface area contributed by atoms with E-state index in [0.29, 0.717) is 17.8 Å². The van der Waals surface area contributed by atoms with Crippen molar-refractivity contribution < 1.29 is 14.3 Å². The molecule has 0 spiro atoms. The largest absolute Gasteiger partial charge is 0.497 e. The van der Waals surface area contributed by atoms with Gasteiger partial charge in [-0.25, -0.2) is 0 Å². The lowest BCUT2D eigenvalue weighted by Crippen LogP contribution is -2.19. The fourth-order valence-electron chi connectivity index (χ4n) is 3.17. The fourth-order valence-corrected chi connectivity index (χ4v) is 3.17. The smallest absolute Gasteiger partial charge is 0.231 e. The highest BCUT2D eigenvalue weighted by atomic mass is 16.5. The molecule has 0 fully saturated rings. The maximum absolute atomic E-state index is 12.8. The lowest BCUT2D eigenvalue weighted by molar-refractivity contribution is -0.117. The molecule has 0 radical (unpaired) electrons. The summed E-state index contributed by atoms with van der Waals surface area (Å²) in [4.78, 5) is 24.5. The van der Waals surface area contributed by atoms with Gasteiger partial charge in [-0.3, -0.25) is 9.59 Å². The Morgan fingerprint density at radius 2 is 1.62 bits per heavy atom. The molecule has 1 atom stereocenters. The van der Waals surface area contributed by atoms with Crippen LogP contribution in [-0.2, 0) is 9.59 Å². The Morgan fingerprint density at radius 1 is 0.931 bits per heavy atom. The van der Waals surface area contributed by atoms with Gasteiger partial charge in [-0.15, -0.1) is 0 Å². The van der Waals surface area contributed by atoms with E-state index in [2.05, 4.69) is 10.6 Å². The molecule has 0 saturated heterocycles. The number of ether oxygens (including phenoxy) is 1. The maximum Gasteiger partial charge on any atom is 0.231 e. The Hall–Kier alpha value is -3.34. The van der Waals surface area contributed by atoms with Crippen molar-refractivity contribution in [1.82, 2.24) is 0 Å². The van der Waals surface area contributed by atoms with E-state index >= 15 is 0 Å². The first-order chi connectivity index (χ1) is 14.0. The van der Waals surface area contributed by atoms with Gasteiger partial charge in [-0.2, -0.15) is 0 Å². The highest BCUT2D eigenvalue weighted by Crippen LogP contribution is 2.26. The molecule has 5 nitrogen and oxygen atoms in total. The molecule has 0 aliphatic heterocycles. The highest BCUT2D eigenvalue weighted by molar-refractivity contribution is 5.97. The van der Waals surface area contributed by atoms with E-state index < -0.39 is 0 Å². The second-order valence-corrected chi connectivity index (χ2v) is 7.06. The average molecular weight is 390 g/mol. The lowest BCUT2D eigenvalue weighted by atomic mass is 9.97. The summed E-state index contributed by atoms with van der Waals surface area (Å²) in [6.45, 7) is 3.84. The molecule has 0 heterocycles. The number of benzene rings is 3. The van der Waals surface area contributed by atoms with Gasteiger partial charge in [0.2, 0.25) is 11.8 Å². The Balaban J connectivity index is 1.72. The maximum atomic E-state index is 12.8. The predicted octanol–water partition coefficient (Wildman–Crippen LogP) is 5.33. The van der Waals surface area contributed by atoms with E-state index in [1.807, 2.05) is 68.4 Å². The van der Waals surface area contributed by atoms with Crippen LogP contribution in [0.25, 0.3) is 10.8 Å². The molecule has 0 saturated carbocycles. The average Bonchev–Trinajstić information content (AvgIpc) is 2.72. The summed E-state index contributed by atoms with van der Waals surface area (Å²) < 4.78 is 5.26. The van der Waals surface area contributed by atoms with E-state index in [-0.39, 0.29) is 17.7 Å². The minimum absolute atomic E-state index is 0.0304. The van der Waals surface area contributed by atoms with Gasteiger partial charge in [0.15, 0.2) is 0 Å². The molecule has 29 heavy (non-hydrogen) atoms. The molecule has 3 aromatic rings. The number of amides is 2. The molecule has 150 valence electrons. The van der Waals surface area contributed by atoms with Crippen LogP contribution in [-0.4, -0.2) is 18.9 Å². The van der Waals surface area contributed by atoms with Crippen molar-refractivity contribution in [3.8, 4) is 5.75 Å². The van der Waals surface area contributed by atoms with Crippen LogP contribution in [0.1, 0.15) is 38.2 Å². The van der Waals surface area contributed by atoms with Gasteiger partial charge >= 0.3 is 0 Å². The van der Waals surface area contributed by atoms with Gasteiger partial charge in [-0.05, 0) is 60.0 Å². The first kappa shape index (κ1) is 20.4. The van der Waals surface area contributed by atoms with Gasteiger partial charge in [0.25, 0.3) is 0 Å². The third-order valence-corrected chi connectivity index (χ3v) is 4.86. The van der Waals surface area contributed by atoms with Crippen LogP contribution >= 0.6 is 0 Å². The van der Waals surface area contributed by atoms with E-state index in [1.165, 1.54) is 0 Å². The SMILES string of the molecule is CCCC(=O)Nc1cccc(NC(=O)[C@@H](C)c2ccc3cc(OC)ccc3c2)c1. The van der Waals surface area contributed by atoms with Crippen LogP contribution in [0.4, 0.5) is 11.4 Å². The summed E-state index contributed by atoms with van der Waals surface area (Å²) in [6.07, 6.45) is 1.26. The molecule has 2 N–H and O–H groups in total. The summed E-state index contributed by atoms with van der Waals surface area (Å²) in [7, 11) is 1.65. The number of hydrogen-bond acceptors (Lipinski definition) is 3. The summed E-state index contributed by atoms with van der Waals surface area (Å²) in [5, 5.41) is 7.91. The van der Waals surface area contributed by atoms with Gasteiger partial charge in [0, 0.05) is 17.8 Å². The third kappa shape index (κ3) is 5.13. The minimum atomic E-state index is -0.320. The lowest BCUT2D eigenvalue weighted by Gasteiger charge is -2.14. The number of carbonyl (C=O) groups excluding carboxylic acids is 2. The van der Waals surface area contributed by atoms with Gasteiger partial charge in [0.1, 0.15) is 5.75 Å². The van der Waals surface area contributed by atoms with Crippen LogP contribution in [0.5, 0.6) is 5.75 Å². The monoisotopic (exact) mass is 390 g/mol. The number of fused-ring (bicyclic) bond motifs is 1. The van der Waals surface area contributed by atoms with E-state index in [9.17, 15) is 9.59 Å². The summed E-state index contributed by atoms with van der Waals surface area (Å²) in [5.41, 5.74) is 2.27. The van der Waals surface area contributed by atoms with Gasteiger partial charge < -0.3 is 15.4 Å². The molecule has 0 unspecified atom stereocenters. The molecule has 0 bridgehead atoms. The van der Waals surface area contributed by atoms with E-state index in [0.717, 1.165) is 28.5 Å². The predicted molar refractivity (Wildman–Crippen MR) is 118 cm³/mol. The Bertz CT molecular complexity index is 1030. The number of methoxy groups -OCH3 is 1. The van der Waals surface area contributed by atoms with Gasteiger partial charge in [-0.1, -0.05) is 37.3 Å². The molecular formula is C24H26N2O3.